The van der Waals surface area contributed by atoms with Gasteiger partial charge in [-0.2, -0.15) is 0 Å². The summed E-state index contributed by atoms with van der Waals surface area (Å²) < 4.78 is 21.3. The number of imide groups is 1. The van der Waals surface area contributed by atoms with E-state index in [-0.39, 0.29) is 24.0 Å². The van der Waals surface area contributed by atoms with Crippen LogP contribution in [0.4, 0.5) is 4.79 Å². The summed E-state index contributed by atoms with van der Waals surface area (Å²) in [4.78, 5) is 38.1. The largest absolute Gasteiger partial charge is 0.490 e. The van der Waals surface area contributed by atoms with Gasteiger partial charge in [-0.25, -0.2) is 0 Å². The van der Waals surface area contributed by atoms with Gasteiger partial charge in [-0.05, 0) is 54.1 Å². The van der Waals surface area contributed by atoms with Crippen LogP contribution in [0.5, 0.6) is 23.0 Å². The molecule has 166 valence electrons. The Balaban J connectivity index is 1.56. The van der Waals surface area contributed by atoms with Gasteiger partial charge in [-0.15, -0.1) is 0 Å². The number of esters is 1. The zero-order chi connectivity index (χ0) is 22.8. The molecule has 1 saturated heterocycles. The second kappa shape index (κ2) is 9.13. The average Bonchev–Trinajstić information content (AvgIpc) is 3.29. The molecule has 2 aromatic rings. The van der Waals surface area contributed by atoms with Gasteiger partial charge in [0.05, 0.1) is 18.1 Å². The molecule has 8 nitrogen and oxygen atoms in total. The highest BCUT2D eigenvalue weighted by Crippen LogP contribution is 2.40. The molecular formula is C22H18ClNO7S. The van der Waals surface area contributed by atoms with Crippen LogP contribution in [0.3, 0.4) is 0 Å². The Morgan fingerprint density at radius 1 is 1.19 bits per heavy atom. The molecule has 0 atom stereocenters. The standard InChI is InChI=1S/C22H18ClNO7S/c1-3-28-17-6-13(4-5-16(17)31-12(2)25)7-20-21(26)24(22(27)32-20)10-14-8-18-19(9-15(14)23)30-11-29-18/h4-9H,3,10-11H2,1-2H3/b20-7-. The van der Waals surface area contributed by atoms with Crippen LogP contribution in [0.15, 0.2) is 35.2 Å². The summed E-state index contributed by atoms with van der Waals surface area (Å²) in [5, 5.41) is -0.0313. The fraction of sp³-hybridized carbons (Fsp3) is 0.227. The summed E-state index contributed by atoms with van der Waals surface area (Å²) >= 11 is 7.12. The van der Waals surface area contributed by atoms with Crippen molar-refractivity contribution in [2.75, 3.05) is 13.4 Å². The Bertz CT molecular complexity index is 1150. The van der Waals surface area contributed by atoms with E-state index in [0.29, 0.717) is 40.0 Å². The Hall–Kier alpha value is -3.17. The van der Waals surface area contributed by atoms with Crippen molar-refractivity contribution >= 4 is 46.6 Å². The number of fused-ring (bicyclic) bond motifs is 1. The summed E-state index contributed by atoms with van der Waals surface area (Å²) in [6, 6.07) is 8.16. The molecule has 2 aliphatic heterocycles. The molecule has 1 fully saturated rings. The lowest BCUT2D eigenvalue weighted by molar-refractivity contribution is -0.132. The SMILES string of the molecule is CCOc1cc(/C=C2\SC(=O)N(Cc3cc4c(cc3Cl)OCO4)C2=O)ccc1OC(C)=O. The summed E-state index contributed by atoms with van der Waals surface area (Å²) in [7, 11) is 0. The van der Waals surface area contributed by atoms with Gasteiger partial charge >= 0.3 is 5.97 Å². The number of ether oxygens (including phenoxy) is 4. The molecule has 0 aromatic heterocycles. The second-order valence-electron chi connectivity index (χ2n) is 6.80. The highest BCUT2D eigenvalue weighted by molar-refractivity contribution is 8.18. The normalized spacial score (nSPS) is 16.1. The van der Waals surface area contributed by atoms with Crippen LogP contribution in [0, 0.1) is 0 Å². The van der Waals surface area contributed by atoms with Gasteiger partial charge in [0.15, 0.2) is 23.0 Å². The first-order valence-electron chi connectivity index (χ1n) is 9.64. The van der Waals surface area contributed by atoms with Gasteiger partial charge in [0.25, 0.3) is 11.1 Å². The van der Waals surface area contributed by atoms with Gasteiger partial charge in [-0.1, -0.05) is 17.7 Å². The minimum absolute atomic E-state index is 0.00701. The molecule has 0 spiro atoms. The van der Waals surface area contributed by atoms with Crippen LogP contribution in [-0.4, -0.2) is 35.4 Å². The van der Waals surface area contributed by atoms with Crippen molar-refractivity contribution in [1.29, 1.82) is 0 Å². The summed E-state index contributed by atoms with van der Waals surface area (Å²) in [5.41, 5.74) is 1.19. The Kier molecular flexibility index (Phi) is 6.29. The van der Waals surface area contributed by atoms with Crippen LogP contribution >= 0.6 is 23.4 Å². The maximum Gasteiger partial charge on any atom is 0.308 e. The Labute approximate surface area is 193 Å². The van der Waals surface area contributed by atoms with Crippen molar-refractivity contribution in [3.05, 3.63) is 51.4 Å². The number of hydrogen-bond acceptors (Lipinski definition) is 8. The molecule has 2 aromatic carbocycles. The van der Waals surface area contributed by atoms with E-state index in [0.717, 1.165) is 16.7 Å². The molecule has 10 heteroatoms. The molecule has 0 saturated carbocycles. The van der Waals surface area contributed by atoms with Gasteiger partial charge in [0.2, 0.25) is 6.79 Å². The van der Waals surface area contributed by atoms with E-state index in [2.05, 4.69) is 0 Å². The van der Waals surface area contributed by atoms with E-state index < -0.39 is 17.1 Å². The molecule has 2 heterocycles. The minimum atomic E-state index is -0.470. The number of benzene rings is 2. The van der Waals surface area contributed by atoms with Crippen LogP contribution in [0.2, 0.25) is 5.02 Å². The maximum absolute atomic E-state index is 12.9. The van der Waals surface area contributed by atoms with Crippen molar-refractivity contribution in [1.82, 2.24) is 4.90 Å². The van der Waals surface area contributed by atoms with Gasteiger partial charge < -0.3 is 18.9 Å². The smallest absolute Gasteiger partial charge is 0.308 e. The molecule has 32 heavy (non-hydrogen) atoms. The van der Waals surface area contributed by atoms with E-state index in [4.69, 9.17) is 30.5 Å². The zero-order valence-electron chi connectivity index (χ0n) is 17.2. The third-order valence-electron chi connectivity index (χ3n) is 4.56. The number of halogens is 1. The average molecular weight is 476 g/mol. The van der Waals surface area contributed by atoms with Crippen LogP contribution in [-0.2, 0) is 16.1 Å². The molecule has 0 radical (unpaired) electrons. The number of amides is 2. The molecular weight excluding hydrogens is 458 g/mol. The van der Waals surface area contributed by atoms with Crippen molar-refractivity contribution < 1.29 is 33.3 Å². The van der Waals surface area contributed by atoms with E-state index in [1.54, 1.807) is 43.3 Å². The predicted molar refractivity (Wildman–Crippen MR) is 118 cm³/mol. The number of hydrogen-bond donors (Lipinski definition) is 0. The molecule has 2 aliphatic rings. The predicted octanol–water partition coefficient (Wildman–Crippen LogP) is 4.63. The molecule has 4 rings (SSSR count). The van der Waals surface area contributed by atoms with Gasteiger partial charge in [0, 0.05) is 18.0 Å². The van der Waals surface area contributed by atoms with E-state index >= 15 is 0 Å². The summed E-state index contributed by atoms with van der Waals surface area (Å²) in [6.45, 7) is 3.57. The van der Waals surface area contributed by atoms with Gasteiger partial charge in [-0.3, -0.25) is 19.3 Å². The first-order chi connectivity index (χ1) is 15.4. The quantitative estimate of drug-likeness (QED) is 0.339. The lowest BCUT2D eigenvalue weighted by Gasteiger charge is -2.14. The van der Waals surface area contributed by atoms with E-state index in [9.17, 15) is 14.4 Å². The van der Waals surface area contributed by atoms with E-state index in [1.807, 2.05) is 0 Å². The molecule has 0 unspecified atom stereocenters. The number of carbonyl (C=O) groups is 3. The van der Waals surface area contributed by atoms with Crippen LogP contribution in [0.1, 0.15) is 25.0 Å². The number of thioether (sulfide) groups is 1. The lowest BCUT2D eigenvalue weighted by atomic mass is 10.1. The monoisotopic (exact) mass is 475 g/mol. The number of nitrogens with zero attached hydrogens (tertiary/aromatic N) is 1. The third-order valence-corrected chi connectivity index (χ3v) is 5.82. The Morgan fingerprint density at radius 3 is 2.66 bits per heavy atom. The maximum atomic E-state index is 12.9. The first-order valence-corrected chi connectivity index (χ1v) is 10.8. The lowest BCUT2D eigenvalue weighted by Crippen LogP contribution is -2.27. The van der Waals surface area contributed by atoms with Crippen molar-refractivity contribution in [2.45, 2.75) is 20.4 Å². The van der Waals surface area contributed by atoms with Crippen molar-refractivity contribution in [3.63, 3.8) is 0 Å². The first kappa shape index (κ1) is 22.0. The topological polar surface area (TPSA) is 91.4 Å². The van der Waals surface area contributed by atoms with Crippen LogP contribution in [0.25, 0.3) is 6.08 Å². The van der Waals surface area contributed by atoms with Gasteiger partial charge in [0.1, 0.15) is 0 Å². The Morgan fingerprint density at radius 2 is 1.94 bits per heavy atom. The molecule has 0 N–H and O–H groups in total. The minimum Gasteiger partial charge on any atom is -0.490 e. The molecule has 2 amide bonds. The fourth-order valence-electron chi connectivity index (χ4n) is 3.16. The second-order valence-corrected chi connectivity index (χ2v) is 8.20. The summed E-state index contributed by atoms with van der Waals surface area (Å²) in [5.74, 6) is 0.779. The highest BCUT2D eigenvalue weighted by atomic mass is 35.5. The van der Waals surface area contributed by atoms with Crippen molar-refractivity contribution in [2.24, 2.45) is 0 Å². The van der Waals surface area contributed by atoms with Crippen molar-refractivity contribution in [3.8, 4) is 23.0 Å². The van der Waals surface area contributed by atoms with E-state index in [1.165, 1.54) is 6.92 Å². The van der Waals surface area contributed by atoms with Crippen LogP contribution < -0.4 is 18.9 Å². The fourth-order valence-corrected chi connectivity index (χ4v) is 4.21. The highest BCUT2D eigenvalue weighted by Gasteiger charge is 2.35. The number of rotatable bonds is 6. The molecule has 0 aliphatic carbocycles. The third kappa shape index (κ3) is 4.53. The summed E-state index contributed by atoms with van der Waals surface area (Å²) in [6.07, 6.45) is 1.59. The number of carbonyl (C=O) groups excluding carboxylic acids is 3. The molecule has 0 bridgehead atoms. The zero-order valence-corrected chi connectivity index (χ0v) is 18.7.